The van der Waals surface area contributed by atoms with Crippen LogP contribution in [-0.2, 0) is 10.5 Å². The Hall–Kier alpha value is -3.23. The van der Waals surface area contributed by atoms with Gasteiger partial charge in [-0.1, -0.05) is 55.4 Å². The van der Waals surface area contributed by atoms with Crippen molar-refractivity contribution in [2.45, 2.75) is 43.5 Å². The number of halogens is 1. The molecule has 1 atom stereocenters. The van der Waals surface area contributed by atoms with E-state index in [4.69, 9.17) is 26.1 Å². The van der Waals surface area contributed by atoms with E-state index < -0.39 is 5.92 Å². The third-order valence-electron chi connectivity index (χ3n) is 6.71. The average Bonchev–Trinajstić information content (AvgIpc) is 2.85. The monoisotopic (exact) mass is 537 g/mol. The van der Waals surface area contributed by atoms with Gasteiger partial charge in [-0.2, -0.15) is 0 Å². The van der Waals surface area contributed by atoms with Crippen LogP contribution in [0.15, 0.2) is 63.7 Å². The van der Waals surface area contributed by atoms with E-state index in [9.17, 15) is 9.59 Å². The first-order valence-corrected chi connectivity index (χ1v) is 13.3. The van der Waals surface area contributed by atoms with Crippen molar-refractivity contribution >= 4 is 35.0 Å². The van der Waals surface area contributed by atoms with E-state index in [-0.39, 0.29) is 16.8 Å². The lowest BCUT2D eigenvalue weighted by Gasteiger charge is -2.38. The van der Waals surface area contributed by atoms with E-state index in [0.29, 0.717) is 57.2 Å². The zero-order chi connectivity index (χ0) is 26.3. The number of nitrogens with one attached hydrogen (secondary N) is 2. The molecule has 0 bridgehead atoms. The summed E-state index contributed by atoms with van der Waals surface area (Å²) in [5.74, 6) is 1.64. The third kappa shape index (κ3) is 5.00. The summed E-state index contributed by atoms with van der Waals surface area (Å²) in [6, 6.07) is 13.1. The van der Waals surface area contributed by atoms with Crippen LogP contribution < -0.4 is 20.3 Å². The number of aromatic nitrogens is 2. The minimum absolute atomic E-state index is 0.0305. The number of ether oxygens (including phenoxy) is 2. The predicted octanol–water partition coefficient (Wildman–Crippen LogP) is 5.93. The molecule has 2 heterocycles. The van der Waals surface area contributed by atoms with E-state index in [0.717, 1.165) is 16.8 Å². The maximum absolute atomic E-state index is 13.6. The lowest BCUT2D eigenvalue weighted by molar-refractivity contribution is -0.118. The number of carbonyl (C=O) groups is 1. The number of benzene rings is 2. The van der Waals surface area contributed by atoms with Gasteiger partial charge in [0.15, 0.2) is 22.4 Å². The highest BCUT2D eigenvalue weighted by Crippen LogP contribution is 2.48. The number of ketones is 1. The Bertz CT molecular complexity index is 1480. The molecule has 3 aromatic rings. The van der Waals surface area contributed by atoms with Gasteiger partial charge >= 0.3 is 0 Å². The molecule has 2 N–H and O–H groups in total. The molecule has 192 valence electrons. The average molecular weight is 538 g/mol. The molecule has 0 radical (unpaired) electrons. The molecule has 1 aromatic heterocycles. The van der Waals surface area contributed by atoms with E-state index in [1.807, 2.05) is 36.4 Å². The molecule has 1 aliphatic heterocycles. The Labute approximate surface area is 224 Å². The van der Waals surface area contributed by atoms with Crippen LogP contribution in [0, 0.1) is 5.41 Å². The molecule has 0 spiro atoms. The number of carbonyl (C=O) groups excluding carboxylic acids is 1. The number of nitrogens with zero attached hydrogens (tertiary/aromatic N) is 1. The number of hydrogen-bond acceptors (Lipinski definition) is 7. The van der Waals surface area contributed by atoms with Crippen LogP contribution in [0.4, 0.5) is 5.82 Å². The normalized spacial score (nSPS) is 18.1. The number of H-pyrrole nitrogens is 1. The second-order valence-electron chi connectivity index (χ2n) is 10.1. The summed E-state index contributed by atoms with van der Waals surface area (Å²) in [6.45, 7) is 4.16. The van der Waals surface area contributed by atoms with Crippen molar-refractivity contribution in [2.75, 3.05) is 19.5 Å². The van der Waals surface area contributed by atoms with Crippen LogP contribution in [0.5, 0.6) is 11.5 Å². The highest BCUT2D eigenvalue weighted by Gasteiger charge is 2.42. The van der Waals surface area contributed by atoms with Crippen LogP contribution in [0.1, 0.15) is 49.3 Å². The van der Waals surface area contributed by atoms with E-state index in [2.05, 4.69) is 24.1 Å². The van der Waals surface area contributed by atoms with Gasteiger partial charge < -0.3 is 19.8 Å². The number of thioether (sulfide) groups is 1. The lowest BCUT2D eigenvalue weighted by Crippen LogP contribution is -2.37. The van der Waals surface area contributed by atoms with E-state index in [1.165, 1.54) is 11.8 Å². The van der Waals surface area contributed by atoms with Gasteiger partial charge in [-0.3, -0.25) is 9.59 Å². The molecular weight excluding hydrogens is 510 g/mol. The molecule has 0 unspecified atom stereocenters. The number of Topliss-reactive ketones (excluding diaryl/α,β-unsaturated/α-hetero) is 1. The molecule has 7 nitrogen and oxygen atoms in total. The van der Waals surface area contributed by atoms with Gasteiger partial charge in [0, 0.05) is 34.4 Å². The number of fused-ring (bicyclic) bond motifs is 1. The largest absolute Gasteiger partial charge is 0.493 e. The van der Waals surface area contributed by atoms with Crippen LogP contribution in [0.25, 0.3) is 0 Å². The lowest BCUT2D eigenvalue weighted by atomic mass is 9.69. The molecular formula is C28H28ClN3O4S. The van der Waals surface area contributed by atoms with Crippen molar-refractivity contribution in [1.29, 1.82) is 0 Å². The second-order valence-corrected chi connectivity index (χ2v) is 11.5. The van der Waals surface area contributed by atoms with Gasteiger partial charge in [0.1, 0.15) is 5.82 Å². The predicted molar refractivity (Wildman–Crippen MR) is 146 cm³/mol. The molecule has 37 heavy (non-hydrogen) atoms. The van der Waals surface area contributed by atoms with Crippen molar-refractivity contribution in [2.24, 2.45) is 5.41 Å². The van der Waals surface area contributed by atoms with Gasteiger partial charge in [0.2, 0.25) is 0 Å². The van der Waals surface area contributed by atoms with Crippen molar-refractivity contribution in [3.8, 4) is 11.5 Å². The smallest absolute Gasteiger partial charge is 0.257 e. The number of methoxy groups -OCH3 is 2. The molecule has 9 heteroatoms. The fourth-order valence-electron chi connectivity index (χ4n) is 5.11. The Balaban J connectivity index is 1.60. The Morgan fingerprint density at radius 2 is 1.86 bits per heavy atom. The van der Waals surface area contributed by atoms with Gasteiger partial charge in [0.25, 0.3) is 5.56 Å². The zero-order valence-electron chi connectivity index (χ0n) is 21.1. The summed E-state index contributed by atoms with van der Waals surface area (Å²) in [7, 11) is 3.14. The van der Waals surface area contributed by atoms with Crippen molar-refractivity contribution in [3.05, 3.63) is 85.8 Å². The first-order chi connectivity index (χ1) is 17.7. The molecule has 0 amide bonds. The molecule has 0 fully saturated rings. The Morgan fingerprint density at radius 1 is 1.08 bits per heavy atom. The number of rotatable bonds is 6. The fraction of sp³-hybridized carbons (Fsp3) is 0.321. The fourth-order valence-corrected chi connectivity index (χ4v) is 6.12. The van der Waals surface area contributed by atoms with E-state index in [1.54, 1.807) is 20.3 Å². The summed E-state index contributed by atoms with van der Waals surface area (Å²) in [6.07, 6.45) is 1.09. The maximum Gasteiger partial charge on any atom is 0.257 e. The summed E-state index contributed by atoms with van der Waals surface area (Å²) < 4.78 is 10.9. The molecule has 0 saturated heterocycles. The molecule has 2 aliphatic rings. The minimum Gasteiger partial charge on any atom is -0.493 e. The number of hydrogen-bond donors (Lipinski definition) is 2. The van der Waals surface area contributed by atoms with Crippen LogP contribution in [-0.4, -0.2) is 30.0 Å². The third-order valence-corrected chi connectivity index (χ3v) is 7.89. The maximum atomic E-state index is 13.6. The summed E-state index contributed by atoms with van der Waals surface area (Å²) in [4.78, 5) is 34.8. The zero-order valence-corrected chi connectivity index (χ0v) is 22.7. The van der Waals surface area contributed by atoms with E-state index >= 15 is 0 Å². The van der Waals surface area contributed by atoms with Crippen LogP contribution in [0.2, 0.25) is 5.02 Å². The quantitative estimate of drug-likeness (QED) is 0.297. The first-order valence-electron chi connectivity index (χ1n) is 12.0. The first kappa shape index (κ1) is 25.4. The van der Waals surface area contributed by atoms with Gasteiger partial charge in [-0.05, 0) is 47.2 Å². The highest BCUT2D eigenvalue weighted by molar-refractivity contribution is 7.98. The van der Waals surface area contributed by atoms with Crippen molar-refractivity contribution in [1.82, 2.24) is 9.97 Å². The molecule has 5 rings (SSSR count). The molecule has 2 aromatic carbocycles. The second kappa shape index (κ2) is 9.91. The SMILES string of the molecule is COc1ccc([C@@H]2C3=C(CC(C)(C)CC3=O)Nc3nc(SCc4cccc(Cl)c4)[nH]c(=O)c32)cc1OC. The standard InChI is InChI=1S/C28H28ClN3O4S/c1-28(2)12-18-23(19(33)13-28)22(16-8-9-20(35-3)21(11-16)36-4)24-25(30-18)31-27(32-26(24)34)37-14-15-6-5-7-17(29)10-15/h5-11,22H,12-14H2,1-4H3,(H2,30,31,32,34)/t22-/m1/s1. The van der Waals surface area contributed by atoms with Crippen molar-refractivity contribution < 1.29 is 14.3 Å². The molecule has 1 aliphatic carbocycles. The van der Waals surface area contributed by atoms with Crippen LogP contribution >= 0.6 is 23.4 Å². The number of allylic oxidation sites excluding steroid dienone is 2. The summed E-state index contributed by atoms with van der Waals surface area (Å²) >= 11 is 7.54. The summed E-state index contributed by atoms with van der Waals surface area (Å²) in [5.41, 5.74) is 3.17. The summed E-state index contributed by atoms with van der Waals surface area (Å²) in [5, 5.41) is 4.52. The van der Waals surface area contributed by atoms with Gasteiger partial charge in [-0.25, -0.2) is 4.98 Å². The Morgan fingerprint density at radius 3 is 2.59 bits per heavy atom. The van der Waals surface area contributed by atoms with Gasteiger partial charge in [-0.15, -0.1) is 0 Å². The van der Waals surface area contributed by atoms with Crippen LogP contribution in [0.3, 0.4) is 0 Å². The minimum atomic E-state index is -0.571. The Kier molecular flexibility index (Phi) is 6.81. The van der Waals surface area contributed by atoms with Crippen molar-refractivity contribution in [3.63, 3.8) is 0 Å². The number of aromatic amines is 1. The van der Waals surface area contributed by atoms with Gasteiger partial charge in [0.05, 0.1) is 19.8 Å². The number of anilines is 1. The topological polar surface area (TPSA) is 93.3 Å². The highest BCUT2D eigenvalue weighted by atomic mass is 35.5. The molecule has 0 saturated carbocycles.